The van der Waals surface area contributed by atoms with Crippen LogP contribution in [-0.2, 0) is 10.5 Å². The third kappa shape index (κ3) is 4.19. The first-order chi connectivity index (χ1) is 12.9. The van der Waals surface area contributed by atoms with Crippen molar-refractivity contribution in [3.8, 4) is 5.75 Å². The van der Waals surface area contributed by atoms with E-state index in [-0.39, 0.29) is 25.4 Å². The third-order valence-electron chi connectivity index (χ3n) is 4.47. The van der Waals surface area contributed by atoms with Crippen LogP contribution in [0.25, 0.3) is 6.08 Å². The highest BCUT2D eigenvalue weighted by Gasteiger charge is 2.44. The zero-order chi connectivity index (χ0) is 19.4. The zero-order valence-corrected chi connectivity index (χ0v) is 14.9. The minimum Gasteiger partial charge on any atom is -0.482 e. The number of nitrogens with zero attached hydrogens (tertiary/aromatic N) is 1. The lowest BCUT2D eigenvalue weighted by Gasteiger charge is -2.26. The Balaban J connectivity index is 1.78. The van der Waals surface area contributed by atoms with Crippen molar-refractivity contribution in [3.05, 3.63) is 69.0 Å². The van der Waals surface area contributed by atoms with Crippen LogP contribution in [0.3, 0.4) is 0 Å². The Bertz CT molecular complexity index is 920. The molecule has 0 bridgehead atoms. The molecule has 8 heteroatoms. The van der Waals surface area contributed by atoms with Gasteiger partial charge in [0, 0.05) is 6.42 Å². The number of aromatic nitrogens is 2. The highest BCUT2D eigenvalue weighted by atomic mass is 16.6. The standard InChI is InChI=1S/C19H22N2O6/c1-19(10-14(23)16(12-22)27-19)21-11-15(17(24)20-18(21)25)26-9-5-8-13-6-3-2-4-7-13/h2-8,11,14,16,22-23H,9-10,12H2,1H3,(H,20,24,25)/t14-,16+,19+/m0/s1. The van der Waals surface area contributed by atoms with Gasteiger partial charge in [0.1, 0.15) is 18.4 Å². The Labute approximate surface area is 155 Å². The first kappa shape index (κ1) is 19.1. The molecule has 3 N–H and O–H groups in total. The van der Waals surface area contributed by atoms with Gasteiger partial charge < -0.3 is 19.7 Å². The molecule has 1 aliphatic rings. The molecule has 3 rings (SSSR count). The summed E-state index contributed by atoms with van der Waals surface area (Å²) in [5.74, 6) is -0.0425. The maximum atomic E-state index is 12.2. The second kappa shape index (κ2) is 7.91. The van der Waals surface area contributed by atoms with Gasteiger partial charge in [-0.25, -0.2) is 4.79 Å². The monoisotopic (exact) mass is 374 g/mol. The molecule has 2 heterocycles. The highest BCUT2D eigenvalue weighted by molar-refractivity contribution is 5.48. The van der Waals surface area contributed by atoms with E-state index in [9.17, 15) is 19.8 Å². The molecular weight excluding hydrogens is 352 g/mol. The Morgan fingerprint density at radius 3 is 2.78 bits per heavy atom. The Kier molecular flexibility index (Phi) is 5.59. The van der Waals surface area contributed by atoms with Gasteiger partial charge in [-0.15, -0.1) is 0 Å². The third-order valence-corrected chi connectivity index (χ3v) is 4.47. The number of aliphatic hydroxyl groups is 2. The molecule has 0 saturated carbocycles. The average molecular weight is 374 g/mol. The van der Waals surface area contributed by atoms with E-state index >= 15 is 0 Å². The summed E-state index contributed by atoms with van der Waals surface area (Å²) >= 11 is 0. The van der Waals surface area contributed by atoms with Crippen molar-refractivity contribution in [2.45, 2.75) is 31.3 Å². The van der Waals surface area contributed by atoms with Crippen molar-refractivity contribution in [2.24, 2.45) is 0 Å². The van der Waals surface area contributed by atoms with Crippen LogP contribution in [0.2, 0.25) is 0 Å². The van der Waals surface area contributed by atoms with Gasteiger partial charge in [-0.2, -0.15) is 0 Å². The van der Waals surface area contributed by atoms with E-state index in [2.05, 4.69) is 4.98 Å². The van der Waals surface area contributed by atoms with E-state index in [1.807, 2.05) is 36.4 Å². The predicted molar refractivity (Wildman–Crippen MR) is 98.5 cm³/mol. The molecule has 1 fully saturated rings. The van der Waals surface area contributed by atoms with Crippen molar-refractivity contribution in [3.63, 3.8) is 0 Å². The number of benzene rings is 1. The van der Waals surface area contributed by atoms with Gasteiger partial charge in [0.15, 0.2) is 0 Å². The summed E-state index contributed by atoms with van der Waals surface area (Å²) in [4.78, 5) is 26.4. The van der Waals surface area contributed by atoms with E-state index in [4.69, 9.17) is 9.47 Å². The number of nitrogens with one attached hydrogen (secondary N) is 1. The van der Waals surface area contributed by atoms with Gasteiger partial charge in [-0.1, -0.05) is 36.4 Å². The highest BCUT2D eigenvalue weighted by Crippen LogP contribution is 2.33. The number of rotatable bonds is 6. The van der Waals surface area contributed by atoms with Crippen molar-refractivity contribution >= 4 is 6.08 Å². The first-order valence-corrected chi connectivity index (χ1v) is 8.60. The molecule has 0 aliphatic carbocycles. The number of H-pyrrole nitrogens is 1. The van der Waals surface area contributed by atoms with E-state index in [1.54, 1.807) is 13.0 Å². The van der Waals surface area contributed by atoms with Crippen LogP contribution in [0.4, 0.5) is 0 Å². The molecule has 27 heavy (non-hydrogen) atoms. The van der Waals surface area contributed by atoms with Crippen LogP contribution in [0.1, 0.15) is 18.9 Å². The fourth-order valence-electron chi connectivity index (χ4n) is 3.08. The van der Waals surface area contributed by atoms with Crippen LogP contribution in [0, 0.1) is 0 Å². The first-order valence-electron chi connectivity index (χ1n) is 8.60. The van der Waals surface area contributed by atoms with Gasteiger partial charge >= 0.3 is 5.69 Å². The zero-order valence-electron chi connectivity index (χ0n) is 14.9. The van der Waals surface area contributed by atoms with Crippen LogP contribution < -0.4 is 16.0 Å². The van der Waals surface area contributed by atoms with E-state index in [0.29, 0.717) is 0 Å². The molecule has 1 aliphatic heterocycles. The summed E-state index contributed by atoms with van der Waals surface area (Å²) < 4.78 is 12.3. The second-order valence-corrected chi connectivity index (χ2v) is 6.53. The molecule has 144 valence electrons. The smallest absolute Gasteiger partial charge is 0.330 e. The number of aliphatic hydroxyl groups excluding tert-OH is 2. The normalized spacial score (nSPS) is 25.1. The van der Waals surface area contributed by atoms with E-state index in [1.165, 1.54) is 10.8 Å². The van der Waals surface area contributed by atoms with E-state index < -0.39 is 29.2 Å². The van der Waals surface area contributed by atoms with Gasteiger partial charge in [0.2, 0.25) is 5.75 Å². The minimum atomic E-state index is -1.20. The maximum absolute atomic E-state index is 12.2. The van der Waals surface area contributed by atoms with Crippen LogP contribution in [0.15, 0.2) is 52.2 Å². The summed E-state index contributed by atoms with van der Waals surface area (Å²) in [6.07, 6.45) is 3.25. The summed E-state index contributed by atoms with van der Waals surface area (Å²) in [6, 6.07) is 9.62. The molecule has 1 aromatic carbocycles. The molecule has 1 saturated heterocycles. The Morgan fingerprint density at radius 1 is 1.37 bits per heavy atom. The predicted octanol–water partition coefficient (Wildman–Crippen LogP) is 0.444. The second-order valence-electron chi connectivity index (χ2n) is 6.53. The molecule has 0 amide bonds. The number of hydrogen-bond acceptors (Lipinski definition) is 6. The summed E-state index contributed by atoms with van der Waals surface area (Å²) in [5, 5.41) is 19.2. The molecule has 0 spiro atoms. The largest absolute Gasteiger partial charge is 0.482 e. The number of ether oxygens (including phenoxy) is 2. The molecule has 8 nitrogen and oxygen atoms in total. The lowest BCUT2D eigenvalue weighted by Crippen LogP contribution is -2.42. The number of aromatic amines is 1. The quantitative estimate of drug-likeness (QED) is 0.676. The van der Waals surface area contributed by atoms with Gasteiger partial charge in [0.05, 0.1) is 18.9 Å². The van der Waals surface area contributed by atoms with Gasteiger partial charge in [-0.05, 0) is 18.6 Å². The molecule has 0 radical (unpaired) electrons. The maximum Gasteiger partial charge on any atom is 0.330 e. The summed E-state index contributed by atoms with van der Waals surface area (Å²) in [5.41, 5.74) is -1.53. The Hall–Kier alpha value is -2.68. The lowest BCUT2D eigenvalue weighted by molar-refractivity contribution is -0.108. The molecule has 2 aromatic rings. The number of hydrogen-bond donors (Lipinski definition) is 3. The van der Waals surface area contributed by atoms with Crippen molar-refractivity contribution in [2.75, 3.05) is 13.2 Å². The Morgan fingerprint density at radius 2 is 2.11 bits per heavy atom. The summed E-state index contributed by atoms with van der Waals surface area (Å²) in [6.45, 7) is 1.36. The molecule has 3 atom stereocenters. The fourth-order valence-corrected chi connectivity index (χ4v) is 3.08. The van der Waals surface area contributed by atoms with Gasteiger partial charge in [0.25, 0.3) is 5.56 Å². The van der Waals surface area contributed by atoms with Crippen LogP contribution in [-0.4, -0.2) is 45.2 Å². The van der Waals surface area contributed by atoms with E-state index in [0.717, 1.165) is 5.56 Å². The van der Waals surface area contributed by atoms with Crippen molar-refractivity contribution in [1.29, 1.82) is 0 Å². The molecule has 1 aromatic heterocycles. The molecule has 0 unspecified atom stereocenters. The van der Waals surface area contributed by atoms with Crippen molar-refractivity contribution in [1.82, 2.24) is 9.55 Å². The molecular formula is C19H22N2O6. The summed E-state index contributed by atoms with van der Waals surface area (Å²) in [7, 11) is 0. The lowest BCUT2D eigenvalue weighted by atomic mass is 10.1. The topological polar surface area (TPSA) is 114 Å². The van der Waals surface area contributed by atoms with Crippen LogP contribution >= 0.6 is 0 Å². The SMILES string of the molecule is C[C@]1(n2cc(OCC=Cc3ccccc3)c(=O)[nH]c2=O)C[C@H](O)[C@@H](CO)O1. The average Bonchev–Trinajstić information content (AvgIpc) is 2.95. The van der Waals surface area contributed by atoms with Crippen molar-refractivity contribution < 1.29 is 19.7 Å². The van der Waals surface area contributed by atoms with Gasteiger partial charge in [-0.3, -0.25) is 14.3 Å². The minimum absolute atomic E-state index is 0.0425. The fraction of sp³-hybridized carbons (Fsp3) is 0.368. The van der Waals surface area contributed by atoms with Crippen LogP contribution in [0.5, 0.6) is 5.75 Å².